The third-order valence-corrected chi connectivity index (χ3v) is 4.16. The molecule has 0 N–H and O–H groups in total. The third-order valence-electron chi connectivity index (χ3n) is 4.16. The van der Waals surface area contributed by atoms with Gasteiger partial charge in [-0.3, -0.25) is 4.79 Å². The summed E-state index contributed by atoms with van der Waals surface area (Å²) in [7, 11) is 1.74. The Morgan fingerprint density at radius 3 is 2.44 bits per heavy atom. The monoisotopic (exact) mass is 225 g/mol. The molecule has 2 aliphatic rings. The lowest BCUT2D eigenvalue weighted by molar-refractivity contribution is -0.136. The van der Waals surface area contributed by atoms with Gasteiger partial charge in [0.2, 0.25) is 5.91 Å². The molecule has 1 aliphatic carbocycles. The summed E-state index contributed by atoms with van der Waals surface area (Å²) in [6, 6.07) is 0. The van der Waals surface area contributed by atoms with Crippen LogP contribution in [-0.4, -0.2) is 37.1 Å². The molecule has 1 aliphatic heterocycles. The van der Waals surface area contributed by atoms with Gasteiger partial charge in [0, 0.05) is 26.1 Å². The fourth-order valence-corrected chi connectivity index (χ4v) is 2.89. The summed E-state index contributed by atoms with van der Waals surface area (Å²) in [6.07, 6.45) is 5.90. The zero-order valence-corrected chi connectivity index (χ0v) is 10.4. The van der Waals surface area contributed by atoms with E-state index in [2.05, 4.69) is 6.92 Å². The predicted octanol–water partition coefficient (Wildman–Crippen LogP) is 2.06. The van der Waals surface area contributed by atoms with Gasteiger partial charge >= 0.3 is 0 Å². The number of likely N-dealkylation sites (tertiary alicyclic amines) is 1. The van der Waals surface area contributed by atoms with E-state index in [9.17, 15) is 4.79 Å². The standard InChI is InChI=1S/C13H23NO2/c1-10-3-5-11(6-4-10)13(15)14-8-7-12(9-14)16-2/h10-12H,3-9H2,1-2H3/t10?,11?,12-/m0/s1. The minimum atomic E-state index is 0.270. The maximum atomic E-state index is 12.2. The summed E-state index contributed by atoms with van der Waals surface area (Å²) in [5.74, 6) is 1.49. The van der Waals surface area contributed by atoms with E-state index in [4.69, 9.17) is 4.74 Å². The number of carbonyl (C=O) groups is 1. The third kappa shape index (κ3) is 2.57. The van der Waals surface area contributed by atoms with E-state index in [0.717, 1.165) is 38.3 Å². The van der Waals surface area contributed by atoms with Crippen molar-refractivity contribution >= 4 is 5.91 Å². The van der Waals surface area contributed by atoms with Crippen molar-refractivity contribution in [3.8, 4) is 0 Å². The van der Waals surface area contributed by atoms with Crippen molar-refractivity contribution in [1.82, 2.24) is 4.90 Å². The molecule has 0 radical (unpaired) electrons. The van der Waals surface area contributed by atoms with Crippen molar-refractivity contribution < 1.29 is 9.53 Å². The van der Waals surface area contributed by atoms with E-state index in [1.165, 1.54) is 12.8 Å². The van der Waals surface area contributed by atoms with Gasteiger partial charge in [-0.15, -0.1) is 0 Å². The molecule has 0 spiro atoms. The normalized spacial score (nSPS) is 35.4. The molecular weight excluding hydrogens is 202 g/mol. The summed E-state index contributed by atoms with van der Waals surface area (Å²) in [5, 5.41) is 0. The lowest BCUT2D eigenvalue weighted by Crippen LogP contribution is -2.36. The molecule has 16 heavy (non-hydrogen) atoms. The number of hydrogen-bond donors (Lipinski definition) is 0. The number of hydrogen-bond acceptors (Lipinski definition) is 2. The van der Waals surface area contributed by atoms with Crippen LogP contribution in [0.3, 0.4) is 0 Å². The smallest absolute Gasteiger partial charge is 0.225 e. The van der Waals surface area contributed by atoms with E-state index in [1.807, 2.05) is 4.90 Å². The summed E-state index contributed by atoms with van der Waals surface area (Å²) in [6.45, 7) is 3.99. The molecule has 1 saturated heterocycles. The minimum absolute atomic E-state index is 0.270. The van der Waals surface area contributed by atoms with E-state index in [0.29, 0.717) is 11.8 Å². The second kappa shape index (κ2) is 5.17. The number of rotatable bonds is 2. The van der Waals surface area contributed by atoms with Crippen LogP contribution in [0.15, 0.2) is 0 Å². The lowest BCUT2D eigenvalue weighted by Gasteiger charge is -2.28. The largest absolute Gasteiger partial charge is 0.380 e. The topological polar surface area (TPSA) is 29.5 Å². The Kier molecular flexibility index (Phi) is 3.85. The highest BCUT2D eigenvalue weighted by atomic mass is 16.5. The van der Waals surface area contributed by atoms with Gasteiger partial charge in [0.05, 0.1) is 6.10 Å². The van der Waals surface area contributed by atoms with Crippen molar-refractivity contribution in [1.29, 1.82) is 0 Å². The Bertz CT molecular complexity index is 242. The summed E-state index contributed by atoms with van der Waals surface area (Å²) < 4.78 is 5.30. The average molecular weight is 225 g/mol. The van der Waals surface area contributed by atoms with Crippen molar-refractivity contribution in [2.24, 2.45) is 11.8 Å². The van der Waals surface area contributed by atoms with Crippen LogP contribution in [0.2, 0.25) is 0 Å². The minimum Gasteiger partial charge on any atom is -0.380 e. The zero-order chi connectivity index (χ0) is 11.5. The Labute approximate surface area is 98.1 Å². The summed E-state index contributed by atoms with van der Waals surface area (Å²) in [4.78, 5) is 14.2. The van der Waals surface area contributed by atoms with Crippen molar-refractivity contribution in [2.75, 3.05) is 20.2 Å². The zero-order valence-electron chi connectivity index (χ0n) is 10.4. The van der Waals surface area contributed by atoms with Gasteiger partial charge in [-0.25, -0.2) is 0 Å². The molecule has 0 aromatic rings. The highest BCUT2D eigenvalue weighted by molar-refractivity contribution is 5.79. The van der Waals surface area contributed by atoms with E-state index < -0.39 is 0 Å². The van der Waals surface area contributed by atoms with Crippen LogP contribution in [0.5, 0.6) is 0 Å². The van der Waals surface area contributed by atoms with Crippen molar-refractivity contribution in [3.63, 3.8) is 0 Å². The Morgan fingerprint density at radius 1 is 1.19 bits per heavy atom. The molecule has 0 bridgehead atoms. The molecule has 1 saturated carbocycles. The second-order valence-corrected chi connectivity index (χ2v) is 5.39. The van der Waals surface area contributed by atoms with Crippen LogP contribution in [0.4, 0.5) is 0 Å². The second-order valence-electron chi connectivity index (χ2n) is 5.39. The van der Waals surface area contributed by atoms with Gasteiger partial charge in [-0.05, 0) is 38.0 Å². The predicted molar refractivity (Wildman–Crippen MR) is 63.1 cm³/mol. The molecule has 1 amide bonds. The van der Waals surface area contributed by atoms with E-state index in [-0.39, 0.29) is 6.10 Å². The summed E-state index contributed by atoms with van der Waals surface area (Å²) in [5.41, 5.74) is 0. The van der Waals surface area contributed by atoms with E-state index >= 15 is 0 Å². The van der Waals surface area contributed by atoms with E-state index in [1.54, 1.807) is 7.11 Å². The molecule has 1 atom stereocenters. The fraction of sp³-hybridized carbons (Fsp3) is 0.923. The van der Waals surface area contributed by atoms with Gasteiger partial charge in [0.25, 0.3) is 0 Å². The molecule has 2 rings (SSSR count). The van der Waals surface area contributed by atoms with Gasteiger partial charge in [-0.2, -0.15) is 0 Å². The lowest BCUT2D eigenvalue weighted by atomic mass is 9.82. The van der Waals surface area contributed by atoms with Crippen LogP contribution >= 0.6 is 0 Å². The van der Waals surface area contributed by atoms with Crippen LogP contribution in [0.1, 0.15) is 39.0 Å². The molecule has 3 nitrogen and oxygen atoms in total. The summed E-state index contributed by atoms with van der Waals surface area (Å²) >= 11 is 0. The van der Waals surface area contributed by atoms with Gasteiger partial charge < -0.3 is 9.64 Å². The average Bonchev–Trinajstić information content (AvgIpc) is 2.77. The van der Waals surface area contributed by atoms with Crippen LogP contribution in [-0.2, 0) is 9.53 Å². The Hall–Kier alpha value is -0.570. The van der Waals surface area contributed by atoms with Gasteiger partial charge in [0.1, 0.15) is 0 Å². The Morgan fingerprint density at radius 2 is 1.88 bits per heavy atom. The SMILES string of the molecule is CO[C@H]1CCN(C(=O)C2CCC(C)CC2)C1. The van der Waals surface area contributed by atoms with Crippen LogP contribution < -0.4 is 0 Å². The van der Waals surface area contributed by atoms with Gasteiger partial charge in [-0.1, -0.05) is 6.92 Å². The van der Waals surface area contributed by atoms with Crippen LogP contribution in [0, 0.1) is 11.8 Å². The Balaban J connectivity index is 1.83. The first kappa shape index (κ1) is 11.9. The first-order valence-corrected chi connectivity index (χ1v) is 6.52. The molecule has 2 fully saturated rings. The van der Waals surface area contributed by atoms with Crippen molar-refractivity contribution in [3.05, 3.63) is 0 Å². The molecule has 0 aromatic heterocycles. The number of ether oxygens (including phenoxy) is 1. The maximum Gasteiger partial charge on any atom is 0.225 e. The quantitative estimate of drug-likeness (QED) is 0.720. The molecule has 0 unspecified atom stereocenters. The fourth-order valence-electron chi connectivity index (χ4n) is 2.89. The maximum absolute atomic E-state index is 12.2. The highest BCUT2D eigenvalue weighted by Crippen LogP contribution is 2.30. The molecular formula is C13H23NO2. The molecule has 3 heteroatoms. The number of methoxy groups -OCH3 is 1. The number of amides is 1. The highest BCUT2D eigenvalue weighted by Gasteiger charge is 2.32. The molecule has 0 aromatic carbocycles. The first-order valence-electron chi connectivity index (χ1n) is 6.52. The number of carbonyl (C=O) groups excluding carboxylic acids is 1. The molecule has 1 heterocycles. The number of nitrogens with zero attached hydrogens (tertiary/aromatic N) is 1. The van der Waals surface area contributed by atoms with Crippen molar-refractivity contribution in [2.45, 2.75) is 45.1 Å². The first-order chi connectivity index (χ1) is 7.70. The molecule has 92 valence electrons. The van der Waals surface area contributed by atoms with Gasteiger partial charge in [0.15, 0.2) is 0 Å². The van der Waals surface area contributed by atoms with Crippen LogP contribution in [0.25, 0.3) is 0 Å².